The standard InChI is InChI=1S/C8H19N.ClH/c1-5-8(4)9-6-7(2)3;/h7-9H,5-6H2,1-4H3;1H. The molecular weight excluding hydrogens is 146 g/mol. The van der Waals surface area contributed by atoms with Gasteiger partial charge in [0.15, 0.2) is 0 Å². The third-order valence-corrected chi connectivity index (χ3v) is 1.49. The Labute approximate surface area is 71.0 Å². The monoisotopic (exact) mass is 165 g/mol. The van der Waals surface area contributed by atoms with Gasteiger partial charge in [0.25, 0.3) is 0 Å². The molecule has 0 fully saturated rings. The molecule has 0 aromatic rings. The Morgan fingerprint density at radius 2 is 1.70 bits per heavy atom. The van der Waals surface area contributed by atoms with Crippen LogP contribution in [-0.2, 0) is 0 Å². The summed E-state index contributed by atoms with van der Waals surface area (Å²) in [6.07, 6.45) is 1.23. The summed E-state index contributed by atoms with van der Waals surface area (Å²) < 4.78 is 0. The molecule has 0 saturated heterocycles. The van der Waals surface area contributed by atoms with E-state index in [0.29, 0.717) is 6.04 Å². The van der Waals surface area contributed by atoms with Crippen molar-refractivity contribution in [1.82, 2.24) is 5.32 Å². The van der Waals surface area contributed by atoms with Crippen LogP contribution in [0.3, 0.4) is 0 Å². The number of halogens is 1. The summed E-state index contributed by atoms with van der Waals surface area (Å²) in [5.41, 5.74) is 0. The molecule has 0 aromatic carbocycles. The molecular formula is C8H20ClN. The minimum atomic E-state index is 0. The largest absolute Gasteiger partial charge is 0.314 e. The number of rotatable bonds is 4. The zero-order valence-corrected chi connectivity index (χ0v) is 8.29. The van der Waals surface area contributed by atoms with E-state index in [1.165, 1.54) is 6.42 Å². The maximum absolute atomic E-state index is 3.43. The lowest BCUT2D eigenvalue weighted by Crippen LogP contribution is -2.28. The second-order valence-corrected chi connectivity index (χ2v) is 3.11. The van der Waals surface area contributed by atoms with Gasteiger partial charge in [0.2, 0.25) is 0 Å². The van der Waals surface area contributed by atoms with E-state index in [-0.39, 0.29) is 12.4 Å². The lowest BCUT2D eigenvalue weighted by atomic mass is 10.2. The van der Waals surface area contributed by atoms with Gasteiger partial charge in [-0.1, -0.05) is 20.8 Å². The summed E-state index contributed by atoms with van der Waals surface area (Å²) in [5.74, 6) is 0.777. The van der Waals surface area contributed by atoms with E-state index in [1.807, 2.05) is 0 Å². The lowest BCUT2D eigenvalue weighted by molar-refractivity contribution is 0.475. The third kappa shape index (κ3) is 8.25. The number of nitrogens with one attached hydrogen (secondary N) is 1. The second kappa shape index (κ2) is 7.36. The van der Waals surface area contributed by atoms with Crippen LogP contribution in [0.25, 0.3) is 0 Å². The van der Waals surface area contributed by atoms with E-state index in [4.69, 9.17) is 0 Å². The van der Waals surface area contributed by atoms with Crippen LogP contribution in [0.1, 0.15) is 34.1 Å². The van der Waals surface area contributed by atoms with Gasteiger partial charge in [-0.05, 0) is 25.8 Å². The molecule has 1 N–H and O–H groups in total. The van der Waals surface area contributed by atoms with Crippen molar-refractivity contribution in [2.24, 2.45) is 5.92 Å². The van der Waals surface area contributed by atoms with Crippen LogP contribution in [0.2, 0.25) is 0 Å². The van der Waals surface area contributed by atoms with Crippen molar-refractivity contribution in [1.29, 1.82) is 0 Å². The van der Waals surface area contributed by atoms with Gasteiger partial charge in [-0.25, -0.2) is 0 Å². The highest BCUT2D eigenvalue weighted by Crippen LogP contribution is 1.91. The predicted octanol–water partition coefficient (Wildman–Crippen LogP) is 2.45. The zero-order valence-electron chi connectivity index (χ0n) is 7.48. The molecule has 0 bridgehead atoms. The van der Waals surface area contributed by atoms with Crippen LogP contribution in [0.15, 0.2) is 0 Å². The Morgan fingerprint density at radius 3 is 2.00 bits per heavy atom. The quantitative estimate of drug-likeness (QED) is 0.675. The van der Waals surface area contributed by atoms with Crippen LogP contribution in [0.5, 0.6) is 0 Å². The fourth-order valence-electron chi connectivity index (χ4n) is 0.581. The molecule has 0 aliphatic heterocycles. The van der Waals surface area contributed by atoms with Crippen molar-refractivity contribution >= 4 is 12.4 Å². The minimum Gasteiger partial charge on any atom is -0.314 e. The van der Waals surface area contributed by atoms with Gasteiger partial charge in [0, 0.05) is 6.04 Å². The first-order valence-corrected chi connectivity index (χ1v) is 3.90. The van der Waals surface area contributed by atoms with Crippen molar-refractivity contribution in [3.05, 3.63) is 0 Å². The number of hydrogen-bond acceptors (Lipinski definition) is 1. The SMILES string of the molecule is CCC(C)NCC(C)C.Cl. The van der Waals surface area contributed by atoms with Crippen LogP contribution < -0.4 is 5.32 Å². The molecule has 1 atom stereocenters. The van der Waals surface area contributed by atoms with Gasteiger partial charge in [0.1, 0.15) is 0 Å². The fourth-order valence-corrected chi connectivity index (χ4v) is 0.581. The summed E-state index contributed by atoms with van der Waals surface area (Å²) in [7, 11) is 0. The Bertz CT molecular complexity index is 64.3. The number of hydrogen-bond donors (Lipinski definition) is 1. The van der Waals surface area contributed by atoms with E-state index < -0.39 is 0 Å². The summed E-state index contributed by atoms with van der Waals surface area (Å²) in [6, 6.07) is 0.687. The van der Waals surface area contributed by atoms with Crippen LogP contribution in [0, 0.1) is 5.92 Å². The molecule has 64 valence electrons. The molecule has 10 heavy (non-hydrogen) atoms. The minimum absolute atomic E-state index is 0. The van der Waals surface area contributed by atoms with Gasteiger partial charge in [-0.3, -0.25) is 0 Å². The predicted molar refractivity (Wildman–Crippen MR) is 49.8 cm³/mol. The Morgan fingerprint density at radius 1 is 1.20 bits per heavy atom. The molecule has 0 spiro atoms. The highest BCUT2D eigenvalue weighted by atomic mass is 35.5. The van der Waals surface area contributed by atoms with E-state index in [1.54, 1.807) is 0 Å². The normalized spacial score (nSPS) is 12.9. The highest BCUT2D eigenvalue weighted by Gasteiger charge is 1.97. The van der Waals surface area contributed by atoms with Gasteiger partial charge in [-0.2, -0.15) is 0 Å². The summed E-state index contributed by atoms with van der Waals surface area (Å²) in [4.78, 5) is 0. The molecule has 0 rings (SSSR count). The smallest absolute Gasteiger partial charge is 0.00362 e. The summed E-state index contributed by atoms with van der Waals surface area (Å²) in [6.45, 7) is 10.0. The molecule has 1 unspecified atom stereocenters. The maximum atomic E-state index is 3.43. The molecule has 1 nitrogen and oxygen atoms in total. The van der Waals surface area contributed by atoms with Crippen molar-refractivity contribution in [2.45, 2.75) is 40.2 Å². The lowest BCUT2D eigenvalue weighted by Gasteiger charge is -2.12. The molecule has 0 heterocycles. The first-order chi connectivity index (χ1) is 4.16. The first-order valence-electron chi connectivity index (χ1n) is 3.90. The van der Waals surface area contributed by atoms with Crippen molar-refractivity contribution in [3.63, 3.8) is 0 Å². The Hall–Kier alpha value is 0.250. The zero-order chi connectivity index (χ0) is 7.28. The maximum Gasteiger partial charge on any atom is 0.00362 e. The molecule has 0 aromatic heterocycles. The molecule has 0 aliphatic rings. The van der Waals surface area contributed by atoms with Crippen molar-refractivity contribution in [3.8, 4) is 0 Å². The van der Waals surface area contributed by atoms with Gasteiger partial charge < -0.3 is 5.32 Å². The van der Waals surface area contributed by atoms with Crippen LogP contribution in [0.4, 0.5) is 0 Å². The molecule has 0 saturated carbocycles. The molecule has 2 heteroatoms. The molecule has 0 amide bonds. The fraction of sp³-hybridized carbons (Fsp3) is 1.00. The summed E-state index contributed by atoms with van der Waals surface area (Å²) >= 11 is 0. The van der Waals surface area contributed by atoms with E-state index in [9.17, 15) is 0 Å². The Balaban J connectivity index is 0. The third-order valence-electron chi connectivity index (χ3n) is 1.49. The Kier molecular flexibility index (Phi) is 9.48. The van der Waals surface area contributed by atoms with Gasteiger partial charge >= 0.3 is 0 Å². The van der Waals surface area contributed by atoms with Crippen LogP contribution in [-0.4, -0.2) is 12.6 Å². The topological polar surface area (TPSA) is 12.0 Å². The van der Waals surface area contributed by atoms with Crippen LogP contribution >= 0.6 is 12.4 Å². The first kappa shape index (κ1) is 12.9. The van der Waals surface area contributed by atoms with E-state index in [2.05, 4.69) is 33.0 Å². The average molecular weight is 166 g/mol. The van der Waals surface area contributed by atoms with E-state index in [0.717, 1.165) is 12.5 Å². The van der Waals surface area contributed by atoms with Gasteiger partial charge in [-0.15, -0.1) is 12.4 Å². The van der Waals surface area contributed by atoms with Crippen molar-refractivity contribution in [2.75, 3.05) is 6.54 Å². The van der Waals surface area contributed by atoms with Gasteiger partial charge in [0.05, 0.1) is 0 Å². The second-order valence-electron chi connectivity index (χ2n) is 3.11. The van der Waals surface area contributed by atoms with E-state index >= 15 is 0 Å². The summed E-state index contributed by atoms with van der Waals surface area (Å²) in [5, 5.41) is 3.43. The van der Waals surface area contributed by atoms with Crippen molar-refractivity contribution < 1.29 is 0 Å². The highest BCUT2D eigenvalue weighted by molar-refractivity contribution is 5.85. The molecule has 0 radical (unpaired) electrons. The average Bonchev–Trinajstić information content (AvgIpc) is 1.83. The molecule has 0 aliphatic carbocycles.